The summed E-state index contributed by atoms with van der Waals surface area (Å²) in [6.07, 6.45) is 2.09. The Labute approximate surface area is 123 Å². The van der Waals surface area contributed by atoms with E-state index in [-0.39, 0.29) is 11.7 Å². The molecule has 2 N–H and O–H groups in total. The Morgan fingerprint density at radius 1 is 1.05 bits per heavy atom. The van der Waals surface area contributed by atoms with Crippen LogP contribution in [0.2, 0.25) is 0 Å². The number of anilines is 1. The van der Waals surface area contributed by atoms with Crippen molar-refractivity contribution < 1.29 is 9.18 Å². The lowest BCUT2D eigenvalue weighted by Gasteiger charge is -2.20. The summed E-state index contributed by atoms with van der Waals surface area (Å²) < 4.78 is 13.0. The molecule has 4 heteroatoms. The van der Waals surface area contributed by atoms with E-state index in [0.29, 0.717) is 6.04 Å². The zero-order chi connectivity index (χ0) is 14.7. The molecule has 1 saturated carbocycles. The number of carbonyl (C=O) groups is 1. The van der Waals surface area contributed by atoms with Gasteiger partial charge in [-0.15, -0.1) is 0 Å². The molecule has 0 heterocycles. The lowest BCUT2D eigenvalue weighted by molar-refractivity contribution is -0.122. The number of hydrogen-bond acceptors (Lipinski definition) is 2. The standard InChI is InChI=1S/C17H17FN2O/c18-13-6-8-14(9-7-13)19-16(12-4-2-1-3-5-12)17(21)20-15-10-11-15/h1-9,15-16,19H,10-11H2,(H,20,21)/t16-/m1/s1. The lowest BCUT2D eigenvalue weighted by Crippen LogP contribution is -2.34. The molecule has 2 aromatic carbocycles. The van der Waals surface area contributed by atoms with Gasteiger partial charge in [-0.3, -0.25) is 4.79 Å². The van der Waals surface area contributed by atoms with Crippen molar-refractivity contribution in [2.75, 3.05) is 5.32 Å². The van der Waals surface area contributed by atoms with E-state index in [9.17, 15) is 9.18 Å². The first-order chi connectivity index (χ1) is 10.2. The number of nitrogens with one attached hydrogen (secondary N) is 2. The Bertz CT molecular complexity index is 608. The van der Waals surface area contributed by atoms with E-state index in [2.05, 4.69) is 10.6 Å². The third-order valence-corrected chi connectivity index (χ3v) is 3.47. The van der Waals surface area contributed by atoms with Crippen LogP contribution < -0.4 is 10.6 Å². The normalized spacial score (nSPS) is 15.3. The number of halogens is 1. The predicted octanol–water partition coefficient (Wildman–Crippen LogP) is 3.26. The fourth-order valence-electron chi connectivity index (χ4n) is 2.17. The second-order valence-corrected chi connectivity index (χ2v) is 5.28. The van der Waals surface area contributed by atoms with Crippen LogP contribution >= 0.6 is 0 Å². The molecular formula is C17H17FN2O. The first-order valence-corrected chi connectivity index (χ1v) is 7.10. The monoisotopic (exact) mass is 284 g/mol. The van der Waals surface area contributed by atoms with Crippen molar-refractivity contribution in [3.63, 3.8) is 0 Å². The predicted molar refractivity (Wildman–Crippen MR) is 80.4 cm³/mol. The van der Waals surface area contributed by atoms with Crippen LogP contribution in [0.3, 0.4) is 0 Å². The highest BCUT2D eigenvalue weighted by Gasteiger charge is 2.28. The second kappa shape index (κ2) is 5.95. The molecule has 108 valence electrons. The minimum Gasteiger partial charge on any atom is -0.370 e. The molecule has 1 atom stereocenters. The number of carbonyl (C=O) groups excluding carboxylic acids is 1. The quantitative estimate of drug-likeness (QED) is 0.885. The maximum Gasteiger partial charge on any atom is 0.247 e. The second-order valence-electron chi connectivity index (χ2n) is 5.28. The van der Waals surface area contributed by atoms with Crippen LogP contribution in [0.4, 0.5) is 10.1 Å². The van der Waals surface area contributed by atoms with Crippen molar-refractivity contribution in [2.45, 2.75) is 24.9 Å². The summed E-state index contributed by atoms with van der Waals surface area (Å²) in [5, 5.41) is 6.19. The highest BCUT2D eigenvalue weighted by Crippen LogP contribution is 2.24. The molecule has 0 unspecified atom stereocenters. The Morgan fingerprint density at radius 2 is 1.71 bits per heavy atom. The van der Waals surface area contributed by atoms with Crippen LogP contribution in [0.5, 0.6) is 0 Å². The average molecular weight is 284 g/mol. The molecule has 0 spiro atoms. The first-order valence-electron chi connectivity index (χ1n) is 7.10. The number of amides is 1. The van der Waals surface area contributed by atoms with Gasteiger partial charge in [0.2, 0.25) is 5.91 Å². The summed E-state index contributed by atoms with van der Waals surface area (Å²) >= 11 is 0. The molecule has 1 aliphatic carbocycles. The summed E-state index contributed by atoms with van der Waals surface area (Å²) in [6, 6.07) is 15.4. The van der Waals surface area contributed by atoms with E-state index >= 15 is 0 Å². The van der Waals surface area contributed by atoms with Gasteiger partial charge in [-0.1, -0.05) is 30.3 Å². The zero-order valence-electron chi connectivity index (χ0n) is 11.6. The van der Waals surface area contributed by atoms with Gasteiger partial charge in [0.05, 0.1) is 0 Å². The van der Waals surface area contributed by atoms with Gasteiger partial charge >= 0.3 is 0 Å². The third kappa shape index (κ3) is 3.60. The van der Waals surface area contributed by atoms with Crippen molar-refractivity contribution in [2.24, 2.45) is 0 Å². The van der Waals surface area contributed by atoms with Crippen molar-refractivity contribution in [3.05, 3.63) is 66.0 Å². The van der Waals surface area contributed by atoms with Crippen LogP contribution in [0, 0.1) is 5.82 Å². The van der Waals surface area contributed by atoms with Crippen molar-refractivity contribution in [3.8, 4) is 0 Å². The van der Waals surface area contributed by atoms with Crippen molar-refractivity contribution >= 4 is 11.6 Å². The highest BCUT2D eigenvalue weighted by molar-refractivity contribution is 5.86. The molecule has 1 aliphatic rings. The van der Waals surface area contributed by atoms with E-state index in [1.807, 2.05) is 30.3 Å². The van der Waals surface area contributed by atoms with Gasteiger partial charge in [-0.25, -0.2) is 4.39 Å². The fraction of sp³-hybridized carbons (Fsp3) is 0.235. The van der Waals surface area contributed by atoms with E-state index in [4.69, 9.17) is 0 Å². The summed E-state index contributed by atoms with van der Waals surface area (Å²) in [5.41, 5.74) is 1.61. The third-order valence-electron chi connectivity index (χ3n) is 3.47. The van der Waals surface area contributed by atoms with Gasteiger partial charge in [-0.2, -0.15) is 0 Å². The number of rotatable bonds is 5. The highest BCUT2D eigenvalue weighted by atomic mass is 19.1. The van der Waals surface area contributed by atoms with Gasteiger partial charge in [-0.05, 0) is 42.7 Å². The Morgan fingerprint density at radius 3 is 2.33 bits per heavy atom. The SMILES string of the molecule is O=C(NC1CC1)[C@H](Nc1ccc(F)cc1)c1ccccc1. The van der Waals surface area contributed by atoms with Gasteiger partial charge < -0.3 is 10.6 Å². The van der Waals surface area contributed by atoms with Crippen molar-refractivity contribution in [1.82, 2.24) is 5.32 Å². The number of hydrogen-bond donors (Lipinski definition) is 2. The van der Waals surface area contributed by atoms with E-state index in [1.165, 1.54) is 12.1 Å². The zero-order valence-corrected chi connectivity index (χ0v) is 11.6. The number of benzene rings is 2. The molecule has 3 nitrogen and oxygen atoms in total. The molecule has 1 fully saturated rings. The van der Waals surface area contributed by atoms with E-state index < -0.39 is 6.04 Å². The van der Waals surface area contributed by atoms with Gasteiger partial charge in [0, 0.05) is 11.7 Å². The molecular weight excluding hydrogens is 267 g/mol. The van der Waals surface area contributed by atoms with Crippen LogP contribution in [0.1, 0.15) is 24.4 Å². The molecule has 21 heavy (non-hydrogen) atoms. The van der Waals surface area contributed by atoms with E-state index in [1.54, 1.807) is 12.1 Å². The molecule has 3 rings (SSSR count). The molecule has 0 aliphatic heterocycles. The Kier molecular flexibility index (Phi) is 3.86. The van der Waals surface area contributed by atoms with Gasteiger partial charge in [0.25, 0.3) is 0 Å². The van der Waals surface area contributed by atoms with Crippen molar-refractivity contribution in [1.29, 1.82) is 0 Å². The molecule has 0 radical (unpaired) electrons. The smallest absolute Gasteiger partial charge is 0.247 e. The summed E-state index contributed by atoms with van der Waals surface area (Å²) in [4.78, 5) is 12.4. The molecule has 0 bridgehead atoms. The van der Waals surface area contributed by atoms with Gasteiger partial charge in [0.15, 0.2) is 0 Å². The largest absolute Gasteiger partial charge is 0.370 e. The molecule has 0 aromatic heterocycles. The van der Waals surface area contributed by atoms with Crippen LogP contribution in [-0.4, -0.2) is 11.9 Å². The first kappa shape index (κ1) is 13.6. The summed E-state index contributed by atoms with van der Waals surface area (Å²) in [5.74, 6) is -0.340. The lowest BCUT2D eigenvalue weighted by atomic mass is 10.1. The van der Waals surface area contributed by atoms with Crippen LogP contribution in [0.15, 0.2) is 54.6 Å². The maximum atomic E-state index is 13.0. The van der Waals surface area contributed by atoms with Gasteiger partial charge in [0.1, 0.15) is 11.9 Å². The summed E-state index contributed by atoms with van der Waals surface area (Å²) in [6.45, 7) is 0. The Hall–Kier alpha value is -2.36. The minimum atomic E-state index is -0.475. The topological polar surface area (TPSA) is 41.1 Å². The minimum absolute atomic E-state index is 0.0481. The Balaban J connectivity index is 1.80. The van der Waals surface area contributed by atoms with E-state index in [0.717, 1.165) is 24.1 Å². The van der Waals surface area contributed by atoms with Crippen LogP contribution in [0.25, 0.3) is 0 Å². The summed E-state index contributed by atoms with van der Waals surface area (Å²) in [7, 11) is 0. The molecule has 2 aromatic rings. The molecule has 1 amide bonds. The molecule has 0 saturated heterocycles. The fourth-order valence-corrected chi connectivity index (χ4v) is 2.17. The maximum absolute atomic E-state index is 13.0. The van der Waals surface area contributed by atoms with Crippen LogP contribution in [-0.2, 0) is 4.79 Å². The average Bonchev–Trinajstić information content (AvgIpc) is 3.31.